The molecule has 4 rings (SSSR count). The molecule has 2 amide bonds. The molecule has 6 heteroatoms. The van der Waals surface area contributed by atoms with E-state index < -0.39 is 0 Å². The number of hydrogen-bond donors (Lipinski definition) is 2. The summed E-state index contributed by atoms with van der Waals surface area (Å²) < 4.78 is 0. The molecular formula is C22H21N3O2S. The Balaban J connectivity index is 1.69. The highest BCUT2D eigenvalue weighted by Crippen LogP contribution is 2.42. The van der Waals surface area contributed by atoms with Crippen LogP contribution >= 0.6 is 11.8 Å². The zero-order valence-corrected chi connectivity index (χ0v) is 16.4. The zero-order chi connectivity index (χ0) is 19.5. The number of nitrogens with zero attached hydrogens (tertiary/aromatic N) is 1. The lowest BCUT2D eigenvalue weighted by Crippen LogP contribution is -2.31. The molecule has 2 aromatic rings. The van der Waals surface area contributed by atoms with Crippen molar-refractivity contribution in [3.05, 3.63) is 48.0 Å². The molecule has 2 aliphatic rings. The SMILES string of the molecule is CC#CCN1C(=O)c2ccccc2Sc2cc(NC(=O)C3CCNC3)ccc21. The van der Waals surface area contributed by atoms with Crippen molar-refractivity contribution >= 4 is 35.0 Å². The fourth-order valence-electron chi connectivity index (χ4n) is 3.44. The molecular weight excluding hydrogens is 370 g/mol. The van der Waals surface area contributed by atoms with E-state index in [-0.39, 0.29) is 17.7 Å². The molecule has 2 aliphatic heterocycles. The third kappa shape index (κ3) is 3.64. The van der Waals surface area contributed by atoms with Crippen molar-refractivity contribution in [3.63, 3.8) is 0 Å². The van der Waals surface area contributed by atoms with Gasteiger partial charge in [0.25, 0.3) is 5.91 Å². The Kier molecular flexibility index (Phi) is 5.38. The van der Waals surface area contributed by atoms with E-state index in [0.29, 0.717) is 12.1 Å². The minimum absolute atomic E-state index is 0.00472. The maximum Gasteiger partial charge on any atom is 0.260 e. The van der Waals surface area contributed by atoms with Gasteiger partial charge in [0.05, 0.1) is 23.7 Å². The normalized spacial score (nSPS) is 17.8. The van der Waals surface area contributed by atoms with Gasteiger partial charge in [-0.3, -0.25) is 14.5 Å². The summed E-state index contributed by atoms with van der Waals surface area (Å²) in [6.07, 6.45) is 0.858. The Hall–Kier alpha value is -2.75. The van der Waals surface area contributed by atoms with Crippen LogP contribution in [0.15, 0.2) is 52.3 Å². The summed E-state index contributed by atoms with van der Waals surface area (Å²) in [4.78, 5) is 29.1. The average Bonchev–Trinajstić information content (AvgIpc) is 3.21. The van der Waals surface area contributed by atoms with E-state index >= 15 is 0 Å². The number of carbonyl (C=O) groups excluding carboxylic acids is 2. The number of amides is 2. The van der Waals surface area contributed by atoms with Gasteiger partial charge in [0, 0.05) is 22.0 Å². The van der Waals surface area contributed by atoms with Gasteiger partial charge in [-0.25, -0.2) is 0 Å². The summed E-state index contributed by atoms with van der Waals surface area (Å²) in [5, 5.41) is 6.24. The maximum atomic E-state index is 13.1. The summed E-state index contributed by atoms with van der Waals surface area (Å²) in [6.45, 7) is 3.69. The van der Waals surface area contributed by atoms with Crippen molar-refractivity contribution in [2.45, 2.75) is 23.1 Å². The largest absolute Gasteiger partial charge is 0.326 e. The predicted molar refractivity (Wildman–Crippen MR) is 112 cm³/mol. The Bertz CT molecular complexity index is 987. The Morgan fingerprint density at radius 1 is 1.29 bits per heavy atom. The molecule has 2 heterocycles. The highest BCUT2D eigenvalue weighted by Gasteiger charge is 2.27. The molecule has 0 bridgehead atoms. The Morgan fingerprint density at radius 2 is 2.14 bits per heavy atom. The van der Waals surface area contributed by atoms with E-state index in [0.717, 1.165) is 40.7 Å². The van der Waals surface area contributed by atoms with Crippen molar-refractivity contribution in [1.29, 1.82) is 0 Å². The van der Waals surface area contributed by atoms with Gasteiger partial charge in [-0.15, -0.1) is 5.92 Å². The first-order valence-electron chi connectivity index (χ1n) is 9.31. The van der Waals surface area contributed by atoms with Crippen molar-refractivity contribution < 1.29 is 9.59 Å². The molecule has 0 aromatic heterocycles. The number of benzene rings is 2. The molecule has 0 radical (unpaired) electrons. The van der Waals surface area contributed by atoms with E-state index in [9.17, 15) is 9.59 Å². The Labute approximate surface area is 168 Å². The third-order valence-electron chi connectivity index (χ3n) is 4.95. The number of hydrogen-bond acceptors (Lipinski definition) is 4. The lowest BCUT2D eigenvalue weighted by molar-refractivity contribution is -0.119. The summed E-state index contributed by atoms with van der Waals surface area (Å²) in [7, 11) is 0. The molecule has 1 saturated heterocycles. The van der Waals surface area contributed by atoms with E-state index in [2.05, 4.69) is 22.5 Å². The lowest BCUT2D eigenvalue weighted by Gasteiger charge is -2.21. The second-order valence-electron chi connectivity index (χ2n) is 6.78. The number of nitrogens with one attached hydrogen (secondary N) is 2. The first-order valence-corrected chi connectivity index (χ1v) is 10.1. The van der Waals surface area contributed by atoms with Crippen LogP contribution in [0.3, 0.4) is 0 Å². The fourth-order valence-corrected chi connectivity index (χ4v) is 4.56. The van der Waals surface area contributed by atoms with Crippen LogP contribution in [0.1, 0.15) is 23.7 Å². The monoisotopic (exact) mass is 391 g/mol. The molecule has 2 N–H and O–H groups in total. The van der Waals surface area contributed by atoms with Crippen molar-refractivity contribution in [3.8, 4) is 11.8 Å². The average molecular weight is 391 g/mol. The highest BCUT2D eigenvalue weighted by molar-refractivity contribution is 7.99. The molecule has 1 fully saturated rings. The minimum Gasteiger partial charge on any atom is -0.326 e. The highest BCUT2D eigenvalue weighted by atomic mass is 32.2. The molecule has 0 saturated carbocycles. The minimum atomic E-state index is -0.0570. The van der Waals surface area contributed by atoms with Crippen LogP contribution in [0.4, 0.5) is 11.4 Å². The van der Waals surface area contributed by atoms with Gasteiger partial charge in [0.2, 0.25) is 5.91 Å². The van der Waals surface area contributed by atoms with E-state index in [1.54, 1.807) is 23.6 Å². The molecule has 2 aromatic carbocycles. The van der Waals surface area contributed by atoms with Crippen LogP contribution in [0.25, 0.3) is 0 Å². The van der Waals surface area contributed by atoms with E-state index in [4.69, 9.17) is 0 Å². The summed E-state index contributed by atoms with van der Waals surface area (Å²) in [5.41, 5.74) is 2.23. The summed E-state index contributed by atoms with van der Waals surface area (Å²) in [6, 6.07) is 13.3. The molecule has 0 spiro atoms. The quantitative estimate of drug-likeness (QED) is 0.788. The van der Waals surface area contributed by atoms with Crippen molar-refractivity contribution in [1.82, 2.24) is 5.32 Å². The van der Waals surface area contributed by atoms with E-state index in [1.807, 2.05) is 42.5 Å². The number of fused-ring (bicyclic) bond motifs is 2. The van der Waals surface area contributed by atoms with Gasteiger partial charge in [-0.1, -0.05) is 29.8 Å². The van der Waals surface area contributed by atoms with Gasteiger partial charge < -0.3 is 10.6 Å². The second kappa shape index (κ2) is 8.09. The van der Waals surface area contributed by atoms with Crippen LogP contribution in [0.5, 0.6) is 0 Å². The van der Waals surface area contributed by atoms with Gasteiger partial charge >= 0.3 is 0 Å². The molecule has 142 valence electrons. The number of carbonyl (C=O) groups is 2. The summed E-state index contributed by atoms with van der Waals surface area (Å²) >= 11 is 1.54. The van der Waals surface area contributed by atoms with Gasteiger partial charge in [-0.05, 0) is 50.2 Å². The van der Waals surface area contributed by atoms with Crippen LogP contribution in [0.2, 0.25) is 0 Å². The fraction of sp³-hybridized carbons (Fsp3) is 0.273. The van der Waals surface area contributed by atoms with Gasteiger partial charge in [0.1, 0.15) is 0 Å². The molecule has 1 atom stereocenters. The van der Waals surface area contributed by atoms with Crippen LogP contribution in [-0.4, -0.2) is 31.4 Å². The van der Waals surface area contributed by atoms with Crippen LogP contribution in [0, 0.1) is 17.8 Å². The predicted octanol–water partition coefficient (Wildman–Crippen LogP) is 3.37. The van der Waals surface area contributed by atoms with Crippen LogP contribution < -0.4 is 15.5 Å². The molecule has 5 nitrogen and oxygen atoms in total. The zero-order valence-electron chi connectivity index (χ0n) is 15.6. The van der Waals surface area contributed by atoms with Crippen molar-refractivity contribution in [2.24, 2.45) is 5.92 Å². The standard InChI is InChI=1S/C22H21N3O2S/c1-2-3-12-25-18-9-8-16(24-21(26)15-10-11-23-14-15)13-20(18)28-19-7-5-4-6-17(19)22(25)27/h4-9,13,15,23H,10-12,14H2,1H3,(H,24,26). The van der Waals surface area contributed by atoms with Gasteiger partial charge in [-0.2, -0.15) is 0 Å². The molecule has 28 heavy (non-hydrogen) atoms. The molecule has 1 unspecified atom stereocenters. The Morgan fingerprint density at radius 3 is 2.93 bits per heavy atom. The summed E-state index contributed by atoms with van der Waals surface area (Å²) in [5.74, 6) is 5.85. The first kappa shape index (κ1) is 18.6. The second-order valence-corrected chi connectivity index (χ2v) is 7.86. The van der Waals surface area contributed by atoms with Gasteiger partial charge in [0.15, 0.2) is 0 Å². The molecule has 0 aliphatic carbocycles. The number of rotatable bonds is 3. The maximum absolute atomic E-state index is 13.1. The van der Waals surface area contributed by atoms with E-state index in [1.165, 1.54) is 0 Å². The topological polar surface area (TPSA) is 61.4 Å². The number of anilines is 2. The smallest absolute Gasteiger partial charge is 0.260 e. The van der Waals surface area contributed by atoms with Crippen molar-refractivity contribution in [2.75, 3.05) is 29.9 Å². The first-order chi connectivity index (χ1) is 13.7. The van der Waals surface area contributed by atoms with Crippen LogP contribution in [-0.2, 0) is 4.79 Å². The lowest BCUT2D eigenvalue weighted by atomic mass is 10.1. The third-order valence-corrected chi connectivity index (χ3v) is 6.07.